The van der Waals surface area contributed by atoms with Gasteiger partial charge in [0, 0.05) is 15.4 Å². The summed E-state index contributed by atoms with van der Waals surface area (Å²) in [5.41, 5.74) is 5.99. The molecule has 1 heterocycles. The number of carbonyl (C=O) groups excluding carboxylic acids is 1. The molecule has 1 aromatic heterocycles. The van der Waals surface area contributed by atoms with Gasteiger partial charge in [-0.25, -0.2) is 0 Å². The van der Waals surface area contributed by atoms with Gasteiger partial charge in [-0.2, -0.15) is 0 Å². The van der Waals surface area contributed by atoms with E-state index in [-0.39, 0.29) is 17.4 Å². The van der Waals surface area contributed by atoms with Crippen LogP contribution in [0.2, 0.25) is 4.34 Å². The Morgan fingerprint density at radius 3 is 2.74 bits per heavy atom. The molecular weight excluding hydrogens is 350 g/mol. The van der Waals surface area contributed by atoms with Gasteiger partial charge in [0.2, 0.25) is 0 Å². The van der Waals surface area contributed by atoms with Gasteiger partial charge in [-0.3, -0.25) is 4.79 Å². The van der Waals surface area contributed by atoms with E-state index in [1.165, 1.54) is 11.3 Å². The Morgan fingerprint density at radius 2 is 2.26 bits per heavy atom. The predicted molar refractivity (Wildman–Crippen MR) is 83.6 cm³/mol. The van der Waals surface area contributed by atoms with Crippen molar-refractivity contribution in [2.45, 2.75) is 39.7 Å². The summed E-state index contributed by atoms with van der Waals surface area (Å²) in [5, 5.41) is 0. The van der Waals surface area contributed by atoms with E-state index in [1.54, 1.807) is 0 Å². The van der Waals surface area contributed by atoms with Crippen molar-refractivity contribution >= 4 is 44.8 Å². The van der Waals surface area contributed by atoms with E-state index in [0.29, 0.717) is 23.8 Å². The largest absolute Gasteiger partial charge is 0.466 e. The van der Waals surface area contributed by atoms with E-state index < -0.39 is 0 Å². The van der Waals surface area contributed by atoms with Crippen molar-refractivity contribution in [3.05, 3.63) is 19.8 Å². The first-order valence-corrected chi connectivity index (χ1v) is 8.10. The third-order valence-electron chi connectivity index (χ3n) is 2.73. The van der Waals surface area contributed by atoms with Crippen molar-refractivity contribution in [3.63, 3.8) is 0 Å². The highest BCUT2D eigenvalue weighted by Gasteiger charge is 2.27. The summed E-state index contributed by atoms with van der Waals surface area (Å²) in [6.45, 7) is 6.26. The summed E-state index contributed by atoms with van der Waals surface area (Å²) in [7, 11) is 0. The minimum Gasteiger partial charge on any atom is -0.466 e. The molecule has 0 radical (unpaired) electrons. The van der Waals surface area contributed by atoms with Crippen LogP contribution in [0.25, 0.3) is 0 Å². The van der Waals surface area contributed by atoms with Gasteiger partial charge >= 0.3 is 5.97 Å². The molecule has 0 aliphatic rings. The van der Waals surface area contributed by atoms with E-state index in [4.69, 9.17) is 22.1 Å². The molecule has 0 saturated carbocycles. The minimum atomic E-state index is -0.200. The van der Waals surface area contributed by atoms with Crippen LogP contribution in [0, 0.1) is 5.41 Å². The zero-order valence-electron chi connectivity index (χ0n) is 11.3. The number of thiophene rings is 1. The second-order valence-electron chi connectivity index (χ2n) is 5.23. The molecule has 1 atom stereocenters. The Kier molecular flexibility index (Phi) is 6.30. The molecule has 3 nitrogen and oxygen atoms in total. The maximum Gasteiger partial charge on any atom is 0.306 e. The molecule has 0 spiro atoms. The summed E-state index contributed by atoms with van der Waals surface area (Å²) in [6.07, 6.45) is 1.07. The Bertz CT molecular complexity index is 428. The van der Waals surface area contributed by atoms with Crippen molar-refractivity contribution in [2.24, 2.45) is 11.1 Å². The molecule has 1 rings (SSSR count). The van der Waals surface area contributed by atoms with Crippen molar-refractivity contribution < 1.29 is 9.53 Å². The van der Waals surface area contributed by atoms with Crippen LogP contribution in [-0.4, -0.2) is 12.6 Å². The number of hydrogen-bond donors (Lipinski definition) is 1. The SMILES string of the molecule is CCOC(=O)CC(C)(C)CC(N)c1cc(Br)c(Cl)s1. The standard InChI is InChI=1S/C13H19BrClNO2S/c1-4-18-11(17)7-13(2,3)6-9(16)10-5-8(14)12(15)19-10/h5,9H,4,6-7,16H2,1-3H3. The van der Waals surface area contributed by atoms with E-state index >= 15 is 0 Å². The fourth-order valence-corrected chi connectivity index (χ4v) is 3.65. The van der Waals surface area contributed by atoms with Crippen LogP contribution in [0.1, 0.15) is 44.5 Å². The molecule has 0 aromatic carbocycles. The third-order valence-corrected chi connectivity index (χ3v) is 5.34. The van der Waals surface area contributed by atoms with Crippen molar-refractivity contribution in [3.8, 4) is 0 Å². The molecule has 0 bridgehead atoms. The van der Waals surface area contributed by atoms with Crippen LogP contribution < -0.4 is 5.73 Å². The molecule has 2 N–H and O–H groups in total. The van der Waals surface area contributed by atoms with Crippen molar-refractivity contribution in [2.75, 3.05) is 6.61 Å². The lowest BCUT2D eigenvalue weighted by Crippen LogP contribution is -2.24. The maximum absolute atomic E-state index is 11.5. The van der Waals surface area contributed by atoms with Crippen LogP contribution in [0.15, 0.2) is 10.5 Å². The number of hydrogen-bond acceptors (Lipinski definition) is 4. The van der Waals surface area contributed by atoms with Crippen LogP contribution >= 0.6 is 38.9 Å². The molecule has 1 unspecified atom stereocenters. The van der Waals surface area contributed by atoms with E-state index in [1.807, 2.05) is 26.8 Å². The normalized spacial score (nSPS) is 13.4. The number of esters is 1. The molecule has 6 heteroatoms. The Labute approximate surface area is 131 Å². The van der Waals surface area contributed by atoms with Crippen molar-refractivity contribution in [1.82, 2.24) is 0 Å². The molecule has 108 valence electrons. The molecule has 0 fully saturated rings. The summed E-state index contributed by atoms with van der Waals surface area (Å²) >= 11 is 10.9. The fraction of sp³-hybridized carbons (Fsp3) is 0.615. The summed E-state index contributed by atoms with van der Waals surface area (Å²) < 4.78 is 6.55. The molecule has 0 amide bonds. The highest BCUT2D eigenvalue weighted by Crippen LogP contribution is 2.39. The molecule has 0 aliphatic heterocycles. The zero-order valence-corrected chi connectivity index (χ0v) is 14.5. The van der Waals surface area contributed by atoms with Gasteiger partial charge in [-0.15, -0.1) is 11.3 Å². The molecular formula is C13H19BrClNO2S. The summed E-state index contributed by atoms with van der Waals surface area (Å²) in [5.74, 6) is -0.176. The van der Waals surface area contributed by atoms with Gasteiger partial charge in [0.05, 0.1) is 13.0 Å². The minimum absolute atomic E-state index is 0.127. The van der Waals surface area contributed by atoms with Gasteiger partial charge in [-0.1, -0.05) is 25.4 Å². The van der Waals surface area contributed by atoms with E-state index in [0.717, 1.165) is 9.35 Å². The first-order valence-electron chi connectivity index (χ1n) is 6.11. The second-order valence-corrected chi connectivity index (χ2v) is 7.77. The zero-order chi connectivity index (χ0) is 14.6. The first kappa shape index (κ1) is 17.0. The van der Waals surface area contributed by atoms with Gasteiger partial charge < -0.3 is 10.5 Å². The number of halogens is 2. The highest BCUT2D eigenvalue weighted by molar-refractivity contribution is 9.10. The monoisotopic (exact) mass is 367 g/mol. The Balaban J connectivity index is 2.64. The van der Waals surface area contributed by atoms with Crippen molar-refractivity contribution in [1.29, 1.82) is 0 Å². The van der Waals surface area contributed by atoms with Gasteiger partial charge in [-0.05, 0) is 40.8 Å². The van der Waals surface area contributed by atoms with E-state index in [2.05, 4.69) is 15.9 Å². The number of rotatable bonds is 6. The number of carbonyl (C=O) groups is 1. The number of nitrogens with two attached hydrogens (primary N) is 1. The smallest absolute Gasteiger partial charge is 0.306 e. The quantitative estimate of drug-likeness (QED) is 0.750. The lowest BCUT2D eigenvalue weighted by atomic mass is 9.82. The molecule has 19 heavy (non-hydrogen) atoms. The third kappa shape index (κ3) is 5.42. The first-order chi connectivity index (χ1) is 8.75. The predicted octanol–water partition coefficient (Wildman–Crippen LogP) is 4.53. The van der Waals surface area contributed by atoms with Gasteiger partial charge in [0.25, 0.3) is 0 Å². The van der Waals surface area contributed by atoms with Crippen LogP contribution in [-0.2, 0) is 9.53 Å². The van der Waals surface area contributed by atoms with E-state index in [9.17, 15) is 4.79 Å². The number of ether oxygens (including phenoxy) is 1. The molecule has 0 saturated heterocycles. The lowest BCUT2D eigenvalue weighted by molar-refractivity contribution is -0.145. The topological polar surface area (TPSA) is 52.3 Å². The Morgan fingerprint density at radius 1 is 1.63 bits per heavy atom. The average Bonchev–Trinajstić information content (AvgIpc) is 2.58. The highest BCUT2D eigenvalue weighted by atomic mass is 79.9. The van der Waals surface area contributed by atoms with Crippen LogP contribution in [0.5, 0.6) is 0 Å². The summed E-state index contributed by atoms with van der Waals surface area (Å²) in [6, 6.07) is 1.82. The second kappa shape index (κ2) is 7.07. The average molecular weight is 369 g/mol. The van der Waals surface area contributed by atoms with Crippen LogP contribution in [0.4, 0.5) is 0 Å². The maximum atomic E-state index is 11.5. The molecule has 1 aromatic rings. The molecule has 0 aliphatic carbocycles. The Hall–Kier alpha value is -0.100. The van der Waals surface area contributed by atoms with Crippen LogP contribution in [0.3, 0.4) is 0 Å². The summed E-state index contributed by atoms with van der Waals surface area (Å²) in [4.78, 5) is 12.6. The van der Waals surface area contributed by atoms with Gasteiger partial charge in [0.1, 0.15) is 4.34 Å². The lowest BCUT2D eigenvalue weighted by Gasteiger charge is -2.26. The van der Waals surface area contributed by atoms with Gasteiger partial charge in [0.15, 0.2) is 0 Å². The fourth-order valence-electron chi connectivity index (χ4n) is 1.92.